The summed E-state index contributed by atoms with van der Waals surface area (Å²) < 4.78 is 24.3. The van der Waals surface area contributed by atoms with Crippen molar-refractivity contribution in [3.8, 4) is 0 Å². The van der Waals surface area contributed by atoms with Crippen molar-refractivity contribution < 1.29 is 8.42 Å². The minimum Gasteiger partial charge on any atom is -0.213 e. The summed E-state index contributed by atoms with van der Waals surface area (Å²) in [5, 5.41) is 0. The van der Waals surface area contributed by atoms with Crippen LogP contribution in [0.15, 0.2) is 0 Å². The fourth-order valence-electron chi connectivity index (χ4n) is 2.63. The molecule has 15 heavy (non-hydrogen) atoms. The Morgan fingerprint density at radius 2 is 1.67 bits per heavy atom. The molecule has 1 heterocycles. The normalized spacial score (nSPS) is 21.1. The minimum absolute atomic E-state index is 0.722. The zero-order chi connectivity index (χ0) is 11.5. The van der Waals surface area contributed by atoms with Gasteiger partial charge in [0.05, 0.1) is 6.26 Å². The summed E-state index contributed by atoms with van der Waals surface area (Å²) in [4.78, 5) is 0. The lowest BCUT2D eigenvalue weighted by molar-refractivity contribution is 0.199. The average molecular weight is 233 g/mol. The Labute approximate surface area is 93.9 Å². The van der Waals surface area contributed by atoms with E-state index in [1.54, 1.807) is 4.31 Å². The van der Waals surface area contributed by atoms with Gasteiger partial charge < -0.3 is 0 Å². The predicted octanol–water partition coefficient (Wildman–Crippen LogP) is 2.09. The highest BCUT2D eigenvalue weighted by molar-refractivity contribution is 7.88. The molecule has 0 aromatic rings. The van der Waals surface area contributed by atoms with E-state index in [0.717, 1.165) is 37.8 Å². The number of rotatable bonds is 4. The molecule has 1 aliphatic rings. The first-order valence-corrected chi connectivity index (χ1v) is 7.79. The average Bonchev–Trinajstić information content (AvgIpc) is 2.19. The van der Waals surface area contributed by atoms with Crippen molar-refractivity contribution in [2.75, 3.05) is 19.3 Å². The van der Waals surface area contributed by atoms with Gasteiger partial charge in [0, 0.05) is 13.1 Å². The Hall–Kier alpha value is -0.0900. The molecule has 0 aliphatic carbocycles. The monoisotopic (exact) mass is 233 g/mol. The van der Waals surface area contributed by atoms with Crippen LogP contribution in [0.1, 0.15) is 39.5 Å². The van der Waals surface area contributed by atoms with Gasteiger partial charge in [-0.25, -0.2) is 12.7 Å². The Bertz CT molecular complexity index is 275. The minimum atomic E-state index is -2.96. The predicted molar refractivity (Wildman–Crippen MR) is 63.2 cm³/mol. The highest BCUT2D eigenvalue weighted by atomic mass is 32.2. The smallest absolute Gasteiger partial charge is 0.211 e. The maximum Gasteiger partial charge on any atom is 0.211 e. The third-order valence-corrected chi connectivity index (χ3v) is 4.99. The van der Waals surface area contributed by atoms with E-state index < -0.39 is 10.0 Å². The topological polar surface area (TPSA) is 37.4 Å². The van der Waals surface area contributed by atoms with Crippen LogP contribution in [0, 0.1) is 11.8 Å². The van der Waals surface area contributed by atoms with Gasteiger partial charge in [-0.15, -0.1) is 0 Å². The van der Waals surface area contributed by atoms with E-state index >= 15 is 0 Å². The van der Waals surface area contributed by atoms with Gasteiger partial charge in [-0.1, -0.05) is 26.7 Å². The molecule has 0 unspecified atom stereocenters. The van der Waals surface area contributed by atoms with Crippen LogP contribution in [0.25, 0.3) is 0 Å². The highest BCUT2D eigenvalue weighted by Crippen LogP contribution is 2.29. The first-order valence-electron chi connectivity index (χ1n) is 5.94. The Morgan fingerprint density at radius 1 is 1.20 bits per heavy atom. The van der Waals surface area contributed by atoms with E-state index in [1.807, 2.05) is 0 Å². The van der Waals surface area contributed by atoms with Crippen molar-refractivity contribution >= 4 is 10.0 Å². The van der Waals surface area contributed by atoms with Crippen LogP contribution < -0.4 is 0 Å². The van der Waals surface area contributed by atoms with Crippen molar-refractivity contribution in [2.24, 2.45) is 11.8 Å². The quantitative estimate of drug-likeness (QED) is 0.745. The van der Waals surface area contributed by atoms with Crippen LogP contribution in [-0.4, -0.2) is 32.1 Å². The zero-order valence-electron chi connectivity index (χ0n) is 10.1. The first-order chi connectivity index (χ1) is 6.99. The van der Waals surface area contributed by atoms with Crippen molar-refractivity contribution in [1.82, 2.24) is 4.31 Å². The van der Waals surface area contributed by atoms with Gasteiger partial charge in [-0.2, -0.15) is 0 Å². The molecule has 0 aromatic heterocycles. The van der Waals surface area contributed by atoms with Gasteiger partial charge >= 0.3 is 0 Å². The van der Waals surface area contributed by atoms with E-state index in [9.17, 15) is 8.42 Å². The number of piperidine rings is 1. The van der Waals surface area contributed by atoms with E-state index in [4.69, 9.17) is 0 Å². The lowest BCUT2D eigenvalue weighted by atomic mass is 9.82. The molecule has 0 radical (unpaired) electrons. The van der Waals surface area contributed by atoms with Gasteiger partial charge in [0.25, 0.3) is 0 Å². The second-order valence-corrected chi connectivity index (χ2v) is 6.56. The molecule has 0 saturated carbocycles. The van der Waals surface area contributed by atoms with Crippen LogP contribution in [-0.2, 0) is 10.0 Å². The zero-order valence-corrected chi connectivity index (χ0v) is 10.9. The van der Waals surface area contributed by atoms with Crippen LogP contribution >= 0.6 is 0 Å². The summed E-state index contributed by atoms with van der Waals surface area (Å²) >= 11 is 0. The maximum absolute atomic E-state index is 11.3. The Morgan fingerprint density at radius 3 is 2.00 bits per heavy atom. The fraction of sp³-hybridized carbons (Fsp3) is 1.00. The van der Waals surface area contributed by atoms with Crippen LogP contribution in [0.5, 0.6) is 0 Å². The lowest BCUT2D eigenvalue weighted by Crippen LogP contribution is -2.39. The number of nitrogens with zero attached hydrogens (tertiary/aromatic N) is 1. The molecule has 0 amide bonds. The van der Waals surface area contributed by atoms with Crippen LogP contribution in [0.2, 0.25) is 0 Å². The van der Waals surface area contributed by atoms with Crippen LogP contribution in [0.3, 0.4) is 0 Å². The standard InChI is InChI=1S/C11H23NO2S/c1-4-10(5-2)11-6-8-12(9-7-11)15(3,13)14/h10-11H,4-9H2,1-3H3. The van der Waals surface area contributed by atoms with Crippen molar-refractivity contribution in [1.29, 1.82) is 0 Å². The molecule has 0 N–H and O–H groups in total. The summed E-state index contributed by atoms with van der Waals surface area (Å²) in [5.74, 6) is 1.52. The fourth-order valence-corrected chi connectivity index (χ4v) is 3.51. The number of hydrogen-bond acceptors (Lipinski definition) is 2. The summed E-state index contributed by atoms with van der Waals surface area (Å²) in [6, 6.07) is 0. The maximum atomic E-state index is 11.3. The summed E-state index contributed by atoms with van der Waals surface area (Å²) in [7, 11) is -2.96. The molecule has 1 saturated heterocycles. The Kier molecular flexibility index (Phi) is 4.59. The van der Waals surface area contributed by atoms with Gasteiger partial charge in [0.1, 0.15) is 0 Å². The van der Waals surface area contributed by atoms with Crippen molar-refractivity contribution in [3.05, 3.63) is 0 Å². The molecule has 0 spiro atoms. The van der Waals surface area contributed by atoms with Gasteiger partial charge in [0.15, 0.2) is 0 Å². The molecular weight excluding hydrogens is 210 g/mol. The molecule has 4 heteroatoms. The molecule has 3 nitrogen and oxygen atoms in total. The third kappa shape index (κ3) is 3.45. The molecule has 1 rings (SSSR count). The Balaban J connectivity index is 2.49. The van der Waals surface area contributed by atoms with E-state index in [2.05, 4.69) is 13.8 Å². The van der Waals surface area contributed by atoms with E-state index in [1.165, 1.54) is 19.1 Å². The second-order valence-electron chi connectivity index (χ2n) is 4.58. The number of sulfonamides is 1. The van der Waals surface area contributed by atoms with Crippen LogP contribution in [0.4, 0.5) is 0 Å². The summed E-state index contributed by atoms with van der Waals surface area (Å²) in [6.07, 6.45) is 5.84. The lowest BCUT2D eigenvalue weighted by Gasteiger charge is -2.34. The molecule has 0 aromatic carbocycles. The molecular formula is C11H23NO2S. The molecule has 1 fully saturated rings. The van der Waals surface area contributed by atoms with E-state index in [-0.39, 0.29) is 0 Å². The summed E-state index contributed by atoms with van der Waals surface area (Å²) in [5.41, 5.74) is 0. The SMILES string of the molecule is CCC(CC)C1CCN(S(C)(=O)=O)CC1. The van der Waals surface area contributed by atoms with Gasteiger partial charge in [-0.3, -0.25) is 0 Å². The molecule has 90 valence electrons. The second kappa shape index (κ2) is 5.30. The van der Waals surface area contributed by atoms with Crippen molar-refractivity contribution in [2.45, 2.75) is 39.5 Å². The largest absolute Gasteiger partial charge is 0.213 e. The summed E-state index contributed by atoms with van der Waals surface area (Å²) in [6.45, 7) is 5.91. The van der Waals surface area contributed by atoms with Crippen molar-refractivity contribution in [3.63, 3.8) is 0 Å². The van der Waals surface area contributed by atoms with Gasteiger partial charge in [-0.05, 0) is 24.7 Å². The number of hydrogen-bond donors (Lipinski definition) is 0. The molecule has 0 atom stereocenters. The molecule has 0 bridgehead atoms. The van der Waals surface area contributed by atoms with E-state index in [0.29, 0.717) is 0 Å². The first kappa shape index (κ1) is 13.0. The molecule has 1 aliphatic heterocycles. The highest BCUT2D eigenvalue weighted by Gasteiger charge is 2.28. The third-order valence-electron chi connectivity index (χ3n) is 3.68. The van der Waals surface area contributed by atoms with Gasteiger partial charge in [0.2, 0.25) is 10.0 Å².